The smallest absolute Gasteiger partial charge is 0.0783 e. The predicted molar refractivity (Wildman–Crippen MR) is 72.0 cm³/mol. The quantitative estimate of drug-likeness (QED) is 0.691. The predicted octanol–water partition coefficient (Wildman–Crippen LogP) is 4.54. The van der Waals surface area contributed by atoms with Crippen molar-refractivity contribution in [2.45, 2.75) is 71.0 Å². The van der Waals surface area contributed by atoms with Gasteiger partial charge in [-0.15, -0.1) is 0 Å². The van der Waals surface area contributed by atoms with Crippen LogP contribution in [0.4, 0.5) is 0 Å². The molecule has 0 aromatic carbocycles. The maximum Gasteiger partial charge on any atom is 0.0783 e. The van der Waals surface area contributed by atoms with Gasteiger partial charge in [0.1, 0.15) is 0 Å². The van der Waals surface area contributed by atoms with Crippen molar-refractivity contribution in [3.63, 3.8) is 0 Å². The zero-order valence-electron chi connectivity index (χ0n) is 10.9. The van der Waals surface area contributed by atoms with Crippen LogP contribution >= 0.6 is 15.9 Å². The summed E-state index contributed by atoms with van der Waals surface area (Å²) in [7, 11) is 0. The summed E-state index contributed by atoms with van der Waals surface area (Å²) in [6.45, 7) is 7.04. The van der Waals surface area contributed by atoms with Crippen molar-refractivity contribution in [3.05, 3.63) is 0 Å². The van der Waals surface area contributed by atoms with Gasteiger partial charge in [0.05, 0.1) is 11.7 Å². The largest absolute Gasteiger partial charge is 0.371 e. The third kappa shape index (κ3) is 2.48. The van der Waals surface area contributed by atoms with E-state index in [2.05, 4.69) is 36.7 Å². The van der Waals surface area contributed by atoms with Gasteiger partial charge in [0.15, 0.2) is 0 Å². The molecule has 2 heterocycles. The minimum atomic E-state index is 0.184. The van der Waals surface area contributed by atoms with Gasteiger partial charge in [-0.3, -0.25) is 0 Å². The summed E-state index contributed by atoms with van der Waals surface area (Å²) in [4.78, 5) is 0. The maximum absolute atomic E-state index is 6.41. The van der Waals surface area contributed by atoms with Gasteiger partial charge < -0.3 is 4.74 Å². The number of hydrogen-bond acceptors (Lipinski definition) is 1. The van der Waals surface area contributed by atoms with Crippen LogP contribution in [0, 0.1) is 11.3 Å². The Morgan fingerprint density at radius 1 is 1.31 bits per heavy atom. The number of ether oxygens (including phenoxy) is 1. The number of halogens is 1. The Kier molecular flexibility index (Phi) is 3.71. The van der Waals surface area contributed by atoms with Crippen molar-refractivity contribution in [1.82, 2.24) is 0 Å². The van der Waals surface area contributed by atoms with E-state index in [1.807, 2.05) is 0 Å². The number of alkyl halides is 1. The standard InChI is InChI=1S/C14H25BrO/c1-4-13(2,3)9-12-11-5-7-14(10-15,16-12)8-6-11/h11-12H,4-10H2,1-3H3. The highest BCUT2D eigenvalue weighted by Crippen LogP contribution is 2.48. The summed E-state index contributed by atoms with van der Waals surface area (Å²) < 4.78 is 6.41. The van der Waals surface area contributed by atoms with E-state index in [0.29, 0.717) is 11.5 Å². The number of rotatable bonds is 4. The molecule has 3 rings (SSSR count). The Balaban J connectivity index is 2.02. The van der Waals surface area contributed by atoms with Gasteiger partial charge in [-0.2, -0.15) is 0 Å². The monoisotopic (exact) mass is 288 g/mol. The third-order valence-corrected chi connectivity index (χ3v) is 5.84. The highest BCUT2D eigenvalue weighted by Gasteiger charge is 2.47. The van der Waals surface area contributed by atoms with Crippen LogP contribution in [0.2, 0.25) is 0 Å². The van der Waals surface area contributed by atoms with E-state index in [1.54, 1.807) is 0 Å². The molecule has 3 fully saturated rings. The first-order chi connectivity index (χ1) is 7.50. The molecule has 1 unspecified atom stereocenters. The summed E-state index contributed by atoms with van der Waals surface area (Å²) in [6, 6.07) is 0. The van der Waals surface area contributed by atoms with E-state index < -0.39 is 0 Å². The van der Waals surface area contributed by atoms with E-state index in [0.717, 1.165) is 11.2 Å². The molecule has 2 bridgehead atoms. The molecule has 1 saturated carbocycles. The Hall–Kier alpha value is 0.440. The zero-order chi connectivity index (χ0) is 11.8. The van der Waals surface area contributed by atoms with Crippen LogP contribution in [0.3, 0.4) is 0 Å². The van der Waals surface area contributed by atoms with Gasteiger partial charge in [0.25, 0.3) is 0 Å². The average molecular weight is 289 g/mol. The van der Waals surface area contributed by atoms with E-state index in [4.69, 9.17) is 4.74 Å². The lowest BCUT2D eigenvalue weighted by Gasteiger charge is -2.51. The molecule has 2 aliphatic heterocycles. The Morgan fingerprint density at radius 3 is 2.44 bits per heavy atom. The molecule has 0 N–H and O–H groups in total. The van der Waals surface area contributed by atoms with Crippen LogP contribution in [0.25, 0.3) is 0 Å². The molecule has 0 amide bonds. The van der Waals surface area contributed by atoms with E-state index in [1.165, 1.54) is 38.5 Å². The van der Waals surface area contributed by atoms with Crippen molar-refractivity contribution in [2.24, 2.45) is 11.3 Å². The Bertz CT molecular complexity index is 239. The summed E-state index contributed by atoms with van der Waals surface area (Å²) in [6.07, 6.45) is 8.32. The van der Waals surface area contributed by atoms with E-state index in [9.17, 15) is 0 Å². The van der Waals surface area contributed by atoms with Crippen LogP contribution in [-0.4, -0.2) is 17.0 Å². The van der Waals surface area contributed by atoms with Crippen molar-refractivity contribution in [3.8, 4) is 0 Å². The lowest BCUT2D eigenvalue weighted by molar-refractivity contribution is -0.190. The molecule has 0 aromatic heterocycles. The molecule has 3 aliphatic rings. The molecule has 2 heteroatoms. The van der Waals surface area contributed by atoms with Crippen molar-refractivity contribution < 1.29 is 4.74 Å². The van der Waals surface area contributed by atoms with Gasteiger partial charge in [-0.25, -0.2) is 0 Å². The molecular weight excluding hydrogens is 264 g/mol. The lowest BCUT2D eigenvalue weighted by atomic mass is 9.70. The second kappa shape index (κ2) is 4.61. The number of hydrogen-bond donors (Lipinski definition) is 0. The van der Waals surface area contributed by atoms with Crippen LogP contribution in [0.15, 0.2) is 0 Å². The van der Waals surface area contributed by atoms with Crippen LogP contribution in [0.1, 0.15) is 59.3 Å². The first-order valence-corrected chi connectivity index (χ1v) is 7.86. The normalized spacial score (nSPS) is 39.0. The van der Waals surface area contributed by atoms with Gasteiger partial charge in [0, 0.05) is 5.33 Å². The topological polar surface area (TPSA) is 9.23 Å². The maximum atomic E-state index is 6.41. The van der Waals surface area contributed by atoms with Crippen LogP contribution in [-0.2, 0) is 4.74 Å². The highest BCUT2D eigenvalue weighted by molar-refractivity contribution is 9.09. The van der Waals surface area contributed by atoms with Gasteiger partial charge >= 0.3 is 0 Å². The molecule has 16 heavy (non-hydrogen) atoms. The fourth-order valence-corrected chi connectivity index (χ4v) is 3.83. The van der Waals surface area contributed by atoms with Crippen molar-refractivity contribution >= 4 is 15.9 Å². The van der Waals surface area contributed by atoms with Crippen molar-refractivity contribution in [1.29, 1.82) is 0 Å². The molecule has 2 saturated heterocycles. The Labute approximate surface area is 108 Å². The first-order valence-electron chi connectivity index (χ1n) is 6.74. The fraction of sp³-hybridized carbons (Fsp3) is 1.00. The molecule has 0 aromatic rings. The van der Waals surface area contributed by atoms with Gasteiger partial charge in [0.2, 0.25) is 0 Å². The lowest BCUT2D eigenvalue weighted by Crippen LogP contribution is -2.52. The second-order valence-electron chi connectivity index (χ2n) is 6.53. The summed E-state index contributed by atoms with van der Waals surface area (Å²) >= 11 is 3.65. The second-order valence-corrected chi connectivity index (χ2v) is 7.09. The van der Waals surface area contributed by atoms with Crippen LogP contribution < -0.4 is 0 Å². The van der Waals surface area contributed by atoms with E-state index >= 15 is 0 Å². The van der Waals surface area contributed by atoms with Crippen molar-refractivity contribution in [2.75, 3.05) is 5.33 Å². The third-order valence-electron chi connectivity index (χ3n) is 4.82. The minimum absolute atomic E-state index is 0.184. The first kappa shape index (κ1) is 12.9. The average Bonchev–Trinajstić information content (AvgIpc) is 2.30. The summed E-state index contributed by atoms with van der Waals surface area (Å²) in [5, 5.41) is 1.02. The zero-order valence-corrected chi connectivity index (χ0v) is 12.5. The molecule has 94 valence electrons. The molecule has 1 atom stereocenters. The van der Waals surface area contributed by atoms with E-state index in [-0.39, 0.29) is 5.60 Å². The number of fused-ring (bicyclic) bond motifs is 3. The summed E-state index contributed by atoms with van der Waals surface area (Å²) in [5.74, 6) is 0.840. The van der Waals surface area contributed by atoms with Crippen LogP contribution in [0.5, 0.6) is 0 Å². The minimum Gasteiger partial charge on any atom is -0.371 e. The summed E-state index contributed by atoms with van der Waals surface area (Å²) in [5.41, 5.74) is 0.624. The molecular formula is C14H25BrO. The molecule has 1 aliphatic carbocycles. The van der Waals surface area contributed by atoms with Gasteiger partial charge in [-0.05, 0) is 43.4 Å². The molecule has 0 spiro atoms. The fourth-order valence-electron chi connectivity index (χ4n) is 3.14. The molecule has 0 radical (unpaired) electrons. The molecule has 1 nitrogen and oxygen atoms in total. The SMILES string of the molecule is CCC(C)(C)CC1OC2(CBr)CCC1CC2. The Morgan fingerprint density at radius 2 is 1.94 bits per heavy atom. The highest BCUT2D eigenvalue weighted by atomic mass is 79.9. The van der Waals surface area contributed by atoms with Gasteiger partial charge in [-0.1, -0.05) is 43.1 Å².